The first-order chi connectivity index (χ1) is 8.52. The molecule has 1 aromatic heterocycles. The average molecular weight is 250 g/mol. The second kappa shape index (κ2) is 4.53. The molecule has 1 atom stereocenters. The molecule has 2 amide bonds. The SMILES string of the molecule is O=C(O)C(O)CCN1C(=O)c2ccncc2C1=O. The first-order valence-corrected chi connectivity index (χ1v) is 5.23. The molecule has 7 heteroatoms. The number of fused-ring (bicyclic) bond motifs is 1. The first kappa shape index (κ1) is 12.2. The number of hydrogen-bond acceptors (Lipinski definition) is 5. The van der Waals surface area contributed by atoms with Crippen LogP contribution in [0.1, 0.15) is 27.1 Å². The third kappa shape index (κ3) is 1.95. The lowest BCUT2D eigenvalue weighted by atomic mass is 10.2. The number of pyridine rings is 1. The number of aromatic nitrogens is 1. The van der Waals surface area contributed by atoms with E-state index >= 15 is 0 Å². The van der Waals surface area contributed by atoms with E-state index in [1.165, 1.54) is 18.5 Å². The summed E-state index contributed by atoms with van der Waals surface area (Å²) in [6.07, 6.45) is 0.907. The maximum Gasteiger partial charge on any atom is 0.332 e. The highest BCUT2D eigenvalue weighted by molar-refractivity contribution is 6.21. The molecule has 1 aromatic rings. The van der Waals surface area contributed by atoms with Crippen LogP contribution in [0.3, 0.4) is 0 Å². The molecule has 2 N–H and O–H groups in total. The average Bonchev–Trinajstić information content (AvgIpc) is 2.60. The summed E-state index contributed by atoms with van der Waals surface area (Å²) < 4.78 is 0. The van der Waals surface area contributed by atoms with Crippen LogP contribution >= 0.6 is 0 Å². The van der Waals surface area contributed by atoms with E-state index in [4.69, 9.17) is 10.2 Å². The summed E-state index contributed by atoms with van der Waals surface area (Å²) in [5.74, 6) is -2.39. The Labute approximate surface area is 102 Å². The Bertz CT molecular complexity index is 493. The molecule has 0 bridgehead atoms. The molecule has 1 aliphatic rings. The van der Waals surface area contributed by atoms with Gasteiger partial charge in [0.25, 0.3) is 11.8 Å². The Morgan fingerprint density at radius 3 is 2.61 bits per heavy atom. The van der Waals surface area contributed by atoms with E-state index in [1.54, 1.807) is 0 Å². The fourth-order valence-corrected chi connectivity index (χ4v) is 1.71. The van der Waals surface area contributed by atoms with Gasteiger partial charge in [-0.1, -0.05) is 0 Å². The number of carboxylic acid groups (broad SMARTS) is 1. The molecular formula is C11H10N2O5. The van der Waals surface area contributed by atoms with Crippen LogP contribution in [0.15, 0.2) is 18.5 Å². The quantitative estimate of drug-likeness (QED) is 0.698. The van der Waals surface area contributed by atoms with Crippen molar-refractivity contribution in [2.24, 2.45) is 0 Å². The number of aliphatic hydroxyl groups excluding tert-OH is 1. The van der Waals surface area contributed by atoms with Gasteiger partial charge in [-0.2, -0.15) is 0 Å². The summed E-state index contributed by atoms with van der Waals surface area (Å²) >= 11 is 0. The highest BCUT2D eigenvalue weighted by Crippen LogP contribution is 2.21. The Morgan fingerprint density at radius 2 is 2.00 bits per heavy atom. The molecule has 1 aliphatic heterocycles. The monoisotopic (exact) mass is 250 g/mol. The minimum Gasteiger partial charge on any atom is -0.479 e. The predicted octanol–water partition coefficient (Wildman–Crippen LogP) is -0.487. The molecule has 0 saturated heterocycles. The van der Waals surface area contributed by atoms with Gasteiger partial charge in [-0.3, -0.25) is 19.5 Å². The third-order valence-electron chi connectivity index (χ3n) is 2.68. The number of carbonyl (C=O) groups excluding carboxylic acids is 2. The maximum absolute atomic E-state index is 11.8. The number of aliphatic carboxylic acids is 1. The summed E-state index contributed by atoms with van der Waals surface area (Å²) in [7, 11) is 0. The van der Waals surface area contributed by atoms with Crippen LogP contribution in [-0.4, -0.2) is 50.5 Å². The minimum atomic E-state index is -1.59. The number of aliphatic hydroxyl groups is 1. The van der Waals surface area contributed by atoms with Crippen molar-refractivity contribution >= 4 is 17.8 Å². The third-order valence-corrected chi connectivity index (χ3v) is 2.68. The van der Waals surface area contributed by atoms with E-state index in [-0.39, 0.29) is 24.1 Å². The van der Waals surface area contributed by atoms with Crippen molar-refractivity contribution in [2.75, 3.05) is 6.54 Å². The lowest BCUT2D eigenvalue weighted by Crippen LogP contribution is -2.34. The minimum absolute atomic E-state index is 0.139. The van der Waals surface area contributed by atoms with Crippen LogP contribution in [0.4, 0.5) is 0 Å². The normalized spacial score (nSPS) is 15.7. The van der Waals surface area contributed by atoms with E-state index in [0.717, 1.165) is 4.90 Å². The highest BCUT2D eigenvalue weighted by atomic mass is 16.4. The van der Waals surface area contributed by atoms with Gasteiger partial charge in [0, 0.05) is 25.4 Å². The van der Waals surface area contributed by atoms with Gasteiger partial charge < -0.3 is 10.2 Å². The largest absolute Gasteiger partial charge is 0.479 e. The zero-order chi connectivity index (χ0) is 13.3. The van der Waals surface area contributed by atoms with Crippen LogP contribution in [0.5, 0.6) is 0 Å². The van der Waals surface area contributed by atoms with E-state index in [0.29, 0.717) is 0 Å². The highest BCUT2D eigenvalue weighted by Gasteiger charge is 2.35. The van der Waals surface area contributed by atoms with Crippen LogP contribution in [0.25, 0.3) is 0 Å². The van der Waals surface area contributed by atoms with Gasteiger partial charge >= 0.3 is 5.97 Å². The molecule has 0 aromatic carbocycles. The number of rotatable bonds is 4. The Hall–Kier alpha value is -2.28. The molecule has 0 aliphatic carbocycles. The van der Waals surface area contributed by atoms with Crippen LogP contribution in [-0.2, 0) is 4.79 Å². The van der Waals surface area contributed by atoms with Crippen molar-refractivity contribution in [3.8, 4) is 0 Å². The molecule has 0 spiro atoms. The number of amides is 2. The van der Waals surface area contributed by atoms with Gasteiger partial charge in [-0.15, -0.1) is 0 Å². The Kier molecular flexibility index (Phi) is 3.07. The lowest BCUT2D eigenvalue weighted by molar-refractivity contribution is -0.147. The van der Waals surface area contributed by atoms with Crippen molar-refractivity contribution in [3.63, 3.8) is 0 Å². The topological polar surface area (TPSA) is 108 Å². The maximum atomic E-state index is 11.8. The molecule has 2 heterocycles. The van der Waals surface area contributed by atoms with Gasteiger partial charge in [0.15, 0.2) is 6.10 Å². The van der Waals surface area contributed by atoms with Crippen molar-refractivity contribution in [3.05, 3.63) is 29.6 Å². The molecule has 7 nitrogen and oxygen atoms in total. The molecule has 18 heavy (non-hydrogen) atoms. The van der Waals surface area contributed by atoms with Gasteiger partial charge in [-0.25, -0.2) is 4.79 Å². The number of hydrogen-bond donors (Lipinski definition) is 2. The van der Waals surface area contributed by atoms with Crippen LogP contribution in [0.2, 0.25) is 0 Å². The number of carboxylic acids is 1. The van der Waals surface area contributed by atoms with E-state index in [9.17, 15) is 14.4 Å². The second-order valence-corrected chi connectivity index (χ2v) is 3.83. The number of carbonyl (C=O) groups is 3. The summed E-state index contributed by atoms with van der Waals surface area (Å²) in [5.41, 5.74) is 0.451. The fraction of sp³-hybridized carbons (Fsp3) is 0.273. The smallest absolute Gasteiger partial charge is 0.332 e. The van der Waals surface area contributed by atoms with E-state index in [1.807, 2.05) is 0 Å². The van der Waals surface area contributed by atoms with Crippen molar-refractivity contribution in [1.29, 1.82) is 0 Å². The fourth-order valence-electron chi connectivity index (χ4n) is 1.71. The molecule has 0 radical (unpaired) electrons. The van der Waals surface area contributed by atoms with E-state index in [2.05, 4.69) is 4.98 Å². The molecule has 0 fully saturated rings. The molecular weight excluding hydrogens is 240 g/mol. The lowest BCUT2D eigenvalue weighted by Gasteiger charge is -2.14. The van der Waals surface area contributed by atoms with Gasteiger partial charge in [0.05, 0.1) is 11.1 Å². The van der Waals surface area contributed by atoms with Gasteiger partial charge in [0.2, 0.25) is 0 Å². The van der Waals surface area contributed by atoms with E-state index < -0.39 is 23.9 Å². The molecule has 94 valence electrons. The summed E-state index contributed by atoms with van der Waals surface area (Å²) in [5, 5.41) is 17.6. The number of nitrogens with zero attached hydrogens (tertiary/aromatic N) is 2. The van der Waals surface area contributed by atoms with Crippen molar-refractivity contribution < 1.29 is 24.6 Å². The molecule has 0 saturated carbocycles. The standard InChI is InChI=1S/C11H10N2O5/c14-8(11(17)18)2-4-13-9(15)6-1-3-12-5-7(6)10(13)16/h1,3,5,8,14H,2,4H2,(H,17,18). The first-order valence-electron chi connectivity index (χ1n) is 5.23. The zero-order valence-electron chi connectivity index (χ0n) is 9.24. The predicted molar refractivity (Wildman–Crippen MR) is 57.9 cm³/mol. The van der Waals surface area contributed by atoms with Crippen LogP contribution < -0.4 is 0 Å². The van der Waals surface area contributed by atoms with Gasteiger partial charge in [0.1, 0.15) is 0 Å². The van der Waals surface area contributed by atoms with Gasteiger partial charge in [-0.05, 0) is 6.07 Å². The second-order valence-electron chi connectivity index (χ2n) is 3.83. The summed E-state index contributed by atoms with van der Waals surface area (Å²) in [4.78, 5) is 38.8. The summed E-state index contributed by atoms with van der Waals surface area (Å²) in [6.45, 7) is -0.139. The van der Waals surface area contributed by atoms with Crippen LogP contribution in [0, 0.1) is 0 Å². The number of imide groups is 1. The Morgan fingerprint density at radius 1 is 1.33 bits per heavy atom. The summed E-state index contributed by atoms with van der Waals surface area (Å²) in [6, 6.07) is 1.43. The molecule has 2 rings (SSSR count). The Balaban J connectivity index is 2.12. The van der Waals surface area contributed by atoms with Crippen molar-refractivity contribution in [2.45, 2.75) is 12.5 Å². The van der Waals surface area contributed by atoms with Crippen molar-refractivity contribution in [1.82, 2.24) is 9.88 Å². The molecule has 1 unspecified atom stereocenters. The zero-order valence-corrected chi connectivity index (χ0v) is 9.24.